The average Bonchev–Trinajstić information content (AvgIpc) is 2.99. The molecule has 0 aliphatic rings. The number of hydrogen-bond acceptors (Lipinski definition) is 5. The first-order valence-corrected chi connectivity index (χ1v) is 7.94. The van der Waals surface area contributed by atoms with Gasteiger partial charge in [0.1, 0.15) is 5.52 Å². The van der Waals surface area contributed by atoms with Crippen LogP contribution in [0.15, 0.2) is 46.9 Å². The fraction of sp³-hybridized carbons (Fsp3) is 0.158. The summed E-state index contributed by atoms with van der Waals surface area (Å²) in [6.07, 6.45) is 2.58. The standard InChI is InChI=1S/C19H16F2N2O4/c1-11-22-14-10-13(7-8-15(14)26-11)23-17(24)9-6-12-4-3-5-16(25-2)18(12)27-19(20)21/h3-10,19H,1-2H3,(H,23,24)/b9-6+. The van der Waals surface area contributed by atoms with Gasteiger partial charge in [0.15, 0.2) is 23.0 Å². The molecule has 27 heavy (non-hydrogen) atoms. The number of amides is 1. The molecule has 0 unspecified atom stereocenters. The number of rotatable bonds is 6. The minimum atomic E-state index is -3.01. The number of oxazole rings is 1. The van der Waals surface area contributed by atoms with Gasteiger partial charge in [-0.1, -0.05) is 12.1 Å². The zero-order valence-corrected chi connectivity index (χ0v) is 14.5. The highest BCUT2D eigenvalue weighted by Crippen LogP contribution is 2.33. The van der Waals surface area contributed by atoms with E-state index in [-0.39, 0.29) is 17.1 Å². The predicted octanol–water partition coefficient (Wildman–Crippen LogP) is 4.40. The highest BCUT2D eigenvalue weighted by atomic mass is 19.3. The summed E-state index contributed by atoms with van der Waals surface area (Å²) in [4.78, 5) is 16.3. The lowest BCUT2D eigenvalue weighted by atomic mass is 10.1. The van der Waals surface area contributed by atoms with E-state index in [4.69, 9.17) is 9.15 Å². The summed E-state index contributed by atoms with van der Waals surface area (Å²) >= 11 is 0. The van der Waals surface area contributed by atoms with Crippen LogP contribution in [0.2, 0.25) is 0 Å². The summed E-state index contributed by atoms with van der Waals surface area (Å²) in [6, 6.07) is 9.68. The molecule has 3 aromatic rings. The van der Waals surface area contributed by atoms with E-state index in [1.54, 1.807) is 31.2 Å². The van der Waals surface area contributed by atoms with Gasteiger partial charge in [0.05, 0.1) is 7.11 Å². The van der Waals surface area contributed by atoms with Gasteiger partial charge in [-0.3, -0.25) is 4.79 Å². The number of alkyl halides is 2. The van der Waals surface area contributed by atoms with Gasteiger partial charge >= 0.3 is 6.61 Å². The highest BCUT2D eigenvalue weighted by Gasteiger charge is 2.14. The Bertz CT molecular complexity index is 999. The van der Waals surface area contributed by atoms with Crippen molar-refractivity contribution in [2.24, 2.45) is 0 Å². The third-order valence-corrected chi connectivity index (χ3v) is 3.61. The molecule has 0 spiro atoms. The lowest BCUT2D eigenvalue weighted by Gasteiger charge is -2.12. The molecule has 0 fully saturated rings. The van der Waals surface area contributed by atoms with Gasteiger partial charge in [-0.05, 0) is 30.3 Å². The van der Waals surface area contributed by atoms with Gasteiger partial charge in [0.2, 0.25) is 5.91 Å². The molecule has 6 nitrogen and oxygen atoms in total. The fourth-order valence-electron chi connectivity index (χ4n) is 2.51. The Hall–Kier alpha value is -3.42. The number of carbonyl (C=O) groups excluding carboxylic acids is 1. The van der Waals surface area contributed by atoms with Crippen LogP contribution in [0.4, 0.5) is 14.5 Å². The summed E-state index contributed by atoms with van der Waals surface area (Å²) in [5.74, 6) is 0.0848. The number of para-hydroxylation sites is 1. The second kappa shape index (κ2) is 7.86. The van der Waals surface area contributed by atoms with E-state index in [9.17, 15) is 13.6 Å². The van der Waals surface area contributed by atoms with Crippen molar-refractivity contribution in [3.8, 4) is 11.5 Å². The average molecular weight is 374 g/mol. The quantitative estimate of drug-likeness (QED) is 0.648. The summed E-state index contributed by atoms with van der Waals surface area (Å²) in [7, 11) is 1.34. The van der Waals surface area contributed by atoms with Crippen molar-refractivity contribution in [3.05, 3.63) is 53.9 Å². The van der Waals surface area contributed by atoms with Crippen molar-refractivity contribution < 1.29 is 27.5 Å². The highest BCUT2D eigenvalue weighted by molar-refractivity contribution is 6.02. The molecule has 140 valence electrons. The van der Waals surface area contributed by atoms with E-state index < -0.39 is 12.5 Å². The lowest BCUT2D eigenvalue weighted by Crippen LogP contribution is -2.08. The van der Waals surface area contributed by atoms with Crippen LogP contribution in [-0.2, 0) is 4.79 Å². The maximum absolute atomic E-state index is 12.6. The minimum absolute atomic E-state index is 0.140. The smallest absolute Gasteiger partial charge is 0.387 e. The molecule has 0 radical (unpaired) electrons. The monoisotopic (exact) mass is 374 g/mol. The van der Waals surface area contributed by atoms with Crippen LogP contribution >= 0.6 is 0 Å². The number of anilines is 1. The molecule has 8 heteroatoms. The Balaban J connectivity index is 1.77. The van der Waals surface area contributed by atoms with Gasteiger partial charge in [-0.25, -0.2) is 4.98 Å². The summed E-state index contributed by atoms with van der Waals surface area (Å²) in [5, 5.41) is 2.67. The second-order valence-corrected chi connectivity index (χ2v) is 5.50. The molecule has 1 heterocycles. The largest absolute Gasteiger partial charge is 0.493 e. The molecule has 3 rings (SSSR count). The van der Waals surface area contributed by atoms with Crippen LogP contribution < -0.4 is 14.8 Å². The van der Waals surface area contributed by atoms with E-state index >= 15 is 0 Å². The predicted molar refractivity (Wildman–Crippen MR) is 96.0 cm³/mol. The molecule has 0 saturated carbocycles. The van der Waals surface area contributed by atoms with Crippen molar-refractivity contribution in [3.63, 3.8) is 0 Å². The maximum Gasteiger partial charge on any atom is 0.387 e. The van der Waals surface area contributed by atoms with Crippen molar-refractivity contribution in [2.45, 2.75) is 13.5 Å². The Morgan fingerprint density at radius 1 is 1.30 bits per heavy atom. The van der Waals surface area contributed by atoms with E-state index in [1.807, 2.05) is 0 Å². The molecular weight excluding hydrogens is 358 g/mol. The van der Waals surface area contributed by atoms with Crippen LogP contribution in [0.3, 0.4) is 0 Å². The SMILES string of the molecule is COc1cccc(/C=C/C(=O)Nc2ccc3oc(C)nc3c2)c1OC(F)F. The molecule has 0 aliphatic carbocycles. The van der Waals surface area contributed by atoms with Crippen LogP contribution in [0.25, 0.3) is 17.2 Å². The maximum atomic E-state index is 12.6. The minimum Gasteiger partial charge on any atom is -0.493 e. The molecule has 2 aromatic carbocycles. The summed E-state index contributed by atoms with van der Waals surface area (Å²) in [5.41, 5.74) is 2.05. The van der Waals surface area contributed by atoms with Crippen molar-refractivity contribution in [2.75, 3.05) is 12.4 Å². The number of fused-ring (bicyclic) bond motifs is 1. The van der Waals surface area contributed by atoms with Crippen LogP contribution in [0, 0.1) is 6.92 Å². The lowest BCUT2D eigenvalue weighted by molar-refractivity contribution is -0.111. The number of carbonyl (C=O) groups is 1. The van der Waals surface area contributed by atoms with Crippen LogP contribution in [0.5, 0.6) is 11.5 Å². The zero-order valence-electron chi connectivity index (χ0n) is 14.5. The topological polar surface area (TPSA) is 73.6 Å². The normalized spacial score (nSPS) is 11.3. The number of methoxy groups -OCH3 is 1. The Kier molecular flexibility index (Phi) is 5.35. The second-order valence-electron chi connectivity index (χ2n) is 5.50. The molecule has 1 N–H and O–H groups in total. The number of ether oxygens (including phenoxy) is 2. The molecular formula is C19H16F2N2O4. The summed E-state index contributed by atoms with van der Waals surface area (Å²) < 4.78 is 40.2. The first-order valence-electron chi connectivity index (χ1n) is 7.94. The number of aryl methyl sites for hydroxylation is 1. The fourth-order valence-corrected chi connectivity index (χ4v) is 2.51. The van der Waals surface area contributed by atoms with Crippen molar-refractivity contribution >= 4 is 28.8 Å². The molecule has 0 saturated heterocycles. The third-order valence-electron chi connectivity index (χ3n) is 3.61. The molecule has 0 bridgehead atoms. The van der Waals surface area contributed by atoms with Crippen molar-refractivity contribution in [1.82, 2.24) is 4.98 Å². The molecule has 0 aliphatic heterocycles. The van der Waals surface area contributed by atoms with Crippen molar-refractivity contribution in [1.29, 1.82) is 0 Å². The van der Waals surface area contributed by atoms with E-state index in [0.717, 1.165) is 0 Å². The van der Waals surface area contributed by atoms with Crippen LogP contribution in [0.1, 0.15) is 11.5 Å². The van der Waals surface area contributed by atoms with Gasteiger partial charge in [-0.2, -0.15) is 8.78 Å². The first kappa shape index (κ1) is 18.4. The molecule has 1 amide bonds. The Morgan fingerprint density at radius 3 is 2.85 bits per heavy atom. The Morgan fingerprint density at radius 2 is 2.11 bits per heavy atom. The molecule has 0 atom stereocenters. The summed E-state index contributed by atoms with van der Waals surface area (Å²) in [6.45, 7) is -1.28. The number of benzene rings is 2. The number of halogens is 2. The first-order chi connectivity index (χ1) is 13.0. The van der Waals surface area contributed by atoms with E-state index in [1.165, 1.54) is 31.4 Å². The van der Waals surface area contributed by atoms with Gasteiger partial charge in [0.25, 0.3) is 0 Å². The Labute approximate surface area is 153 Å². The zero-order chi connectivity index (χ0) is 19.4. The van der Waals surface area contributed by atoms with E-state index in [2.05, 4.69) is 15.0 Å². The number of nitrogens with zero attached hydrogens (tertiary/aromatic N) is 1. The number of aromatic nitrogens is 1. The third kappa shape index (κ3) is 4.41. The number of hydrogen-bond donors (Lipinski definition) is 1. The van der Waals surface area contributed by atoms with Gasteiger partial charge in [0, 0.05) is 24.3 Å². The number of nitrogens with one attached hydrogen (secondary N) is 1. The van der Waals surface area contributed by atoms with E-state index in [0.29, 0.717) is 22.7 Å². The molecule has 1 aromatic heterocycles. The van der Waals surface area contributed by atoms with Gasteiger partial charge < -0.3 is 19.2 Å². The van der Waals surface area contributed by atoms with Gasteiger partial charge in [-0.15, -0.1) is 0 Å². The van der Waals surface area contributed by atoms with Crippen LogP contribution in [-0.4, -0.2) is 24.6 Å².